The Kier molecular flexibility index (Phi) is 5.06. The number of ether oxygens (including phenoxy) is 1. The van der Waals surface area contributed by atoms with Gasteiger partial charge >= 0.3 is 5.69 Å². The molecule has 0 unspecified atom stereocenters. The summed E-state index contributed by atoms with van der Waals surface area (Å²) < 4.78 is 5.07. The van der Waals surface area contributed by atoms with Crippen molar-refractivity contribution in [2.45, 2.75) is 13.0 Å². The number of rotatable bonds is 6. The van der Waals surface area contributed by atoms with Gasteiger partial charge in [-0.1, -0.05) is 12.1 Å². The molecule has 0 fully saturated rings. The molecule has 1 rings (SSSR count). The van der Waals surface area contributed by atoms with Crippen molar-refractivity contribution in [3.8, 4) is 5.75 Å². The number of nitro benzene ring substituents is 1. The van der Waals surface area contributed by atoms with Gasteiger partial charge in [0.1, 0.15) is 0 Å². The number of carbonyl (C=O) groups is 1. The number of nitro groups is 1. The lowest BCUT2D eigenvalue weighted by molar-refractivity contribution is -0.385. The van der Waals surface area contributed by atoms with Crippen molar-refractivity contribution in [1.29, 1.82) is 0 Å². The van der Waals surface area contributed by atoms with Crippen LogP contribution in [0.1, 0.15) is 6.92 Å². The molecule has 7 nitrogen and oxygen atoms in total. The van der Waals surface area contributed by atoms with Crippen molar-refractivity contribution in [2.24, 2.45) is 0 Å². The van der Waals surface area contributed by atoms with Gasteiger partial charge < -0.3 is 15.2 Å². The lowest BCUT2D eigenvalue weighted by Gasteiger charge is -2.11. The highest BCUT2D eigenvalue weighted by atomic mass is 16.6. The number of carbonyl (C=O) groups excluding carboxylic acids is 1. The van der Waals surface area contributed by atoms with Crippen molar-refractivity contribution in [1.82, 2.24) is 5.32 Å². The van der Waals surface area contributed by atoms with Crippen LogP contribution in [0.15, 0.2) is 24.3 Å². The highest BCUT2D eigenvalue weighted by molar-refractivity contribution is 5.77. The molecule has 2 N–H and O–H groups in total. The first kappa shape index (κ1) is 13.9. The summed E-state index contributed by atoms with van der Waals surface area (Å²) in [6.45, 7) is 1.11. The number of nitrogens with one attached hydrogen (secondary N) is 1. The number of hydrogen-bond donors (Lipinski definition) is 2. The van der Waals surface area contributed by atoms with E-state index in [0.29, 0.717) is 0 Å². The zero-order valence-corrected chi connectivity index (χ0v) is 9.83. The second kappa shape index (κ2) is 6.55. The van der Waals surface area contributed by atoms with Crippen LogP contribution in [-0.2, 0) is 4.79 Å². The Bertz CT molecular complexity index is 435. The molecule has 0 aliphatic heterocycles. The molecule has 0 saturated carbocycles. The molecule has 7 heteroatoms. The van der Waals surface area contributed by atoms with E-state index in [1.807, 2.05) is 0 Å². The van der Waals surface area contributed by atoms with Crippen LogP contribution in [0.5, 0.6) is 5.75 Å². The first-order valence-corrected chi connectivity index (χ1v) is 5.31. The summed E-state index contributed by atoms with van der Waals surface area (Å²) in [5.74, 6) is -0.413. The molecule has 0 spiro atoms. The first-order valence-electron chi connectivity index (χ1n) is 5.31. The maximum atomic E-state index is 11.3. The summed E-state index contributed by atoms with van der Waals surface area (Å²) in [4.78, 5) is 21.5. The Morgan fingerprint density at radius 3 is 2.83 bits per heavy atom. The van der Waals surface area contributed by atoms with Crippen LogP contribution in [0.4, 0.5) is 5.69 Å². The van der Waals surface area contributed by atoms with Gasteiger partial charge in [-0.05, 0) is 13.0 Å². The van der Waals surface area contributed by atoms with Gasteiger partial charge in [-0.3, -0.25) is 14.9 Å². The van der Waals surface area contributed by atoms with E-state index in [0.717, 1.165) is 0 Å². The Labute approximate surface area is 104 Å². The largest absolute Gasteiger partial charge is 0.477 e. The van der Waals surface area contributed by atoms with Gasteiger partial charge in [-0.15, -0.1) is 0 Å². The monoisotopic (exact) mass is 254 g/mol. The average Bonchev–Trinajstić information content (AvgIpc) is 2.36. The molecule has 0 radical (unpaired) electrons. The number of para-hydroxylation sites is 2. The van der Waals surface area contributed by atoms with Gasteiger partial charge in [0.15, 0.2) is 12.4 Å². The highest BCUT2D eigenvalue weighted by Gasteiger charge is 2.15. The molecule has 1 atom stereocenters. The van der Waals surface area contributed by atoms with Crippen molar-refractivity contribution in [2.75, 3.05) is 13.2 Å². The predicted octanol–water partition coefficient (Wildman–Crippen LogP) is 0.471. The quantitative estimate of drug-likeness (QED) is 0.567. The number of aliphatic hydroxyl groups excluding tert-OH is 1. The number of amides is 1. The van der Waals surface area contributed by atoms with Crippen molar-refractivity contribution in [3.05, 3.63) is 34.4 Å². The summed E-state index contributed by atoms with van der Waals surface area (Å²) in [5, 5.41) is 21.9. The summed E-state index contributed by atoms with van der Waals surface area (Å²) in [7, 11) is 0. The molecule has 0 aromatic heterocycles. The van der Waals surface area contributed by atoms with Gasteiger partial charge in [0.25, 0.3) is 5.91 Å². The van der Waals surface area contributed by atoms with E-state index in [1.54, 1.807) is 13.0 Å². The Morgan fingerprint density at radius 1 is 1.56 bits per heavy atom. The highest BCUT2D eigenvalue weighted by Crippen LogP contribution is 2.25. The van der Waals surface area contributed by atoms with Crippen LogP contribution in [0.2, 0.25) is 0 Å². The fraction of sp³-hybridized carbons (Fsp3) is 0.364. The lowest BCUT2D eigenvalue weighted by Crippen LogP contribution is -2.38. The van der Waals surface area contributed by atoms with Crippen LogP contribution in [0.3, 0.4) is 0 Å². The van der Waals surface area contributed by atoms with E-state index in [2.05, 4.69) is 5.32 Å². The Hall–Kier alpha value is -2.15. The van der Waals surface area contributed by atoms with Gasteiger partial charge in [0, 0.05) is 12.1 Å². The third-order valence-corrected chi connectivity index (χ3v) is 2.10. The molecule has 98 valence electrons. The van der Waals surface area contributed by atoms with E-state index in [4.69, 9.17) is 9.84 Å². The molecule has 0 heterocycles. The summed E-state index contributed by atoms with van der Waals surface area (Å²) >= 11 is 0. The van der Waals surface area contributed by atoms with E-state index in [-0.39, 0.29) is 30.7 Å². The number of benzene rings is 1. The molecule has 1 aromatic carbocycles. The second-order valence-corrected chi connectivity index (χ2v) is 3.66. The molecule has 0 saturated heterocycles. The van der Waals surface area contributed by atoms with Crippen LogP contribution in [0, 0.1) is 10.1 Å². The van der Waals surface area contributed by atoms with Crippen LogP contribution >= 0.6 is 0 Å². The number of nitrogens with zero attached hydrogens (tertiary/aromatic N) is 1. The lowest BCUT2D eigenvalue weighted by atomic mass is 10.3. The standard InChI is InChI=1S/C11H14N2O5/c1-8(6-14)12-11(15)7-18-10-5-3-2-4-9(10)13(16)17/h2-5,8,14H,6-7H2,1H3,(H,12,15)/t8-/m0/s1. The van der Waals surface area contributed by atoms with Gasteiger partial charge in [0.05, 0.1) is 11.5 Å². The minimum atomic E-state index is -0.580. The Balaban J connectivity index is 2.58. The van der Waals surface area contributed by atoms with Gasteiger partial charge in [-0.2, -0.15) is 0 Å². The van der Waals surface area contributed by atoms with E-state index >= 15 is 0 Å². The summed E-state index contributed by atoms with van der Waals surface area (Å²) in [6.07, 6.45) is 0. The van der Waals surface area contributed by atoms with Crippen molar-refractivity contribution in [3.63, 3.8) is 0 Å². The third kappa shape index (κ3) is 4.02. The minimum Gasteiger partial charge on any atom is -0.477 e. The van der Waals surface area contributed by atoms with E-state index in [1.165, 1.54) is 18.2 Å². The predicted molar refractivity (Wildman–Crippen MR) is 63.3 cm³/mol. The topological polar surface area (TPSA) is 102 Å². The zero-order chi connectivity index (χ0) is 13.5. The molecule has 0 aliphatic rings. The fourth-order valence-electron chi connectivity index (χ4n) is 1.24. The van der Waals surface area contributed by atoms with Crippen LogP contribution < -0.4 is 10.1 Å². The average molecular weight is 254 g/mol. The van der Waals surface area contributed by atoms with Gasteiger partial charge in [0.2, 0.25) is 0 Å². The normalized spacial score (nSPS) is 11.7. The maximum Gasteiger partial charge on any atom is 0.310 e. The van der Waals surface area contributed by atoms with Crippen molar-refractivity contribution >= 4 is 11.6 Å². The molecule has 0 aliphatic carbocycles. The molecular weight excluding hydrogens is 240 g/mol. The molecule has 0 bridgehead atoms. The smallest absolute Gasteiger partial charge is 0.310 e. The molecule has 18 heavy (non-hydrogen) atoms. The molecule has 1 amide bonds. The van der Waals surface area contributed by atoms with Gasteiger partial charge in [-0.25, -0.2) is 0 Å². The number of aliphatic hydroxyl groups is 1. The summed E-state index contributed by atoms with van der Waals surface area (Å²) in [5.41, 5.74) is -0.194. The van der Waals surface area contributed by atoms with Crippen molar-refractivity contribution < 1.29 is 19.6 Å². The SMILES string of the molecule is C[C@@H](CO)NC(=O)COc1ccccc1[N+](=O)[O-]. The third-order valence-electron chi connectivity index (χ3n) is 2.10. The fourth-order valence-corrected chi connectivity index (χ4v) is 1.24. The van der Waals surface area contributed by atoms with E-state index < -0.39 is 10.8 Å². The Morgan fingerprint density at radius 2 is 2.22 bits per heavy atom. The summed E-state index contributed by atoms with van der Waals surface area (Å²) in [6, 6.07) is 5.42. The maximum absolute atomic E-state index is 11.3. The van der Waals surface area contributed by atoms with Crippen LogP contribution in [0.25, 0.3) is 0 Å². The van der Waals surface area contributed by atoms with E-state index in [9.17, 15) is 14.9 Å². The number of hydrogen-bond acceptors (Lipinski definition) is 5. The molecule has 1 aromatic rings. The molecular formula is C11H14N2O5. The minimum absolute atomic E-state index is 0.0364. The second-order valence-electron chi connectivity index (χ2n) is 3.66. The van der Waals surface area contributed by atoms with Crippen LogP contribution in [-0.4, -0.2) is 35.2 Å². The zero-order valence-electron chi connectivity index (χ0n) is 9.83. The first-order chi connectivity index (χ1) is 8.54.